The van der Waals surface area contributed by atoms with Gasteiger partial charge in [-0.1, -0.05) is 24.8 Å². The molecule has 1 N–H and O–H groups in total. The summed E-state index contributed by atoms with van der Waals surface area (Å²) in [4.78, 5) is 10.6. The van der Waals surface area contributed by atoms with Crippen molar-refractivity contribution in [1.29, 1.82) is 0 Å². The van der Waals surface area contributed by atoms with E-state index in [1.54, 1.807) is 4.57 Å². The molecule has 0 aliphatic carbocycles. The molecule has 2 rings (SSSR count). The van der Waals surface area contributed by atoms with Gasteiger partial charge in [-0.05, 0) is 17.7 Å². The minimum absolute atomic E-state index is 0.139. The zero-order valence-electron chi connectivity index (χ0n) is 11.2. The summed E-state index contributed by atoms with van der Waals surface area (Å²) < 4.78 is 27.9. The number of halogens is 2. The third kappa shape index (κ3) is 3.78. The lowest BCUT2D eigenvalue weighted by molar-refractivity contribution is -0.133. The fourth-order valence-corrected chi connectivity index (χ4v) is 2.47. The molecule has 1 aromatic carbocycles. The molecule has 0 radical (unpaired) electrons. The van der Waals surface area contributed by atoms with E-state index in [1.807, 2.05) is 6.92 Å². The molecule has 0 bridgehead atoms. The monoisotopic (exact) mass is 313 g/mol. The number of carboxylic acids is 1. The van der Waals surface area contributed by atoms with Gasteiger partial charge < -0.3 is 9.67 Å². The van der Waals surface area contributed by atoms with Crippen molar-refractivity contribution < 1.29 is 18.7 Å². The Labute approximate surface area is 124 Å². The van der Waals surface area contributed by atoms with Gasteiger partial charge in [0.2, 0.25) is 0 Å². The summed E-state index contributed by atoms with van der Waals surface area (Å²) in [6.45, 7) is 2.15. The summed E-state index contributed by atoms with van der Waals surface area (Å²) in [7, 11) is 0. The fraction of sp³-hybridized carbons (Fsp3) is 0.308. The van der Waals surface area contributed by atoms with Crippen LogP contribution in [0, 0.1) is 11.6 Å². The van der Waals surface area contributed by atoms with Gasteiger partial charge in [-0.25, -0.2) is 8.78 Å². The predicted molar refractivity (Wildman–Crippen MR) is 73.2 cm³/mol. The Hall–Kier alpha value is -1.96. The lowest BCUT2D eigenvalue weighted by Gasteiger charge is -2.09. The molecule has 1 aromatic heterocycles. The molecule has 0 unspecified atom stereocenters. The molecule has 0 saturated heterocycles. The highest BCUT2D eigenvalue weighted by atomic mass is 32.2. The van der Waals surface area contributed by atoms with Crippen molar-refractivity contribution in [2.45, 2.75) is 25.0 Å². The van der Waals surface area contributed by atoms with Gasteiger partial charge >= 0.3 is 5.97 Å². The summed E-state index contributed by atoms with van der Waals surface area (Å²) in [5, 5.41) is 17.1. The van der Waals surface area contributed by atoms with Crippen LogP contribution in [0.4, 0.5) is 8.78 Å². The number of hydrogen-bond acceptors (Lipinski definition) is 4. The summed E-state index contributed by atoms with van der Waals surface area (Å²) >= 11 is 1.04. The van der Waals surface area contributed by atoms with Crippen LogP contribution in [0.5, 0.6) is 0 Å². The Bertz CT molecular complexity index is 661. The van der Waals surface area contributed by atoms with E-state index < -0.39 is 17.6 Å². The van der Waals surface area contributed by atoms with Crippen molar-refractivity contribution in [3.8, 4) is 0 Å². The second kappa shape index (κ2) is 6.66. The second-order valence-corrected chi connectivity index (χ2v) is 5.21. The van der Waals surface area contributed by atoms with Gasteiger partial charge in [-0.15, -0.1) is 10.2 Å². The van der Waals surface area contributed by atoms with Crippen LogP contribution >= 0.6 is 11.8 Å². The van der Waals surface area contributed by atoms with E-state index >= 15 is 0 Å². The minimum Gasteiger partial charge on any atom is -0.481 e. The highest BCUT2D eigenvalue weighted by Crippen LogP contribution is 2.19. The number of aliphatic carboxylic acids is 1. The number of rotatable bonds is 6. The van der Waals surface area contributed by atoms with E-state index in [-0.39, 0.29) is 12.3 Å². The highest BCUT2D eigenvalue weighted by molar-refractivity contribution is 7.99. The number of nitrogens with zero attached hydrogens (tertiary/aromatic N) is 3. The molecule has 0 aliphatic rings. The summed E-state index contributed by atoms with van der Waals surface area (Å²) in [5.74, 6) is -2.26. The largest absolute Gasteiger partial charge is 0.481 e. The zero-order valence-corrected chi connectivity index (χ0v) is 12.0. The fourth-order valence-electron chi connectivity index (χ4n) is 1.79. The van der Waals surface area contributed by atoms with Gasteiger partial charge in [0.05, 0.1) is 12.3 Å². The van der Waals surface area contributed by atoms with E-state index in [0.29, 0.717) is 23.0 Å². The maximum absolute atomic E-state index is 13.2. The molecule has 0 spiro atoms. The van der Waals surface area contributed by atoms with Gasteiger partial charge in [0.25, 0.3) is 0 Å². The maximum Gasteiger partial charge on any atom is 0.313 e. The Morgan fingerprint density at radius 3 is 2.71 bits per heavy atom. The van der Waals surface area contributed by atoms with Crippen LogP contribution < -0.4 is 0 Å². The van der Waals surface area contributed by atoms with Crippen molar-refractivity contribution in [1.82, 2.24) is 14.8 Å². The molecule has 2 aromatic rings. The van der Waals surface area contributed by atoms with Crippen LogP contribution in [0.2, 0.25) is 0 Å². The second-order valence-electron chi connectivity index (χ2n) is 4.27. The van der Waals surface area contributed by atoms with E-state index in [4.69, 9.17) is 5.11 Å². The number of aromatic nitrogens is 3. The topological polar surface area (TPSA) is 68.0 Å². The first-order valence-electron chi connectivity index (χ1n) is 6.21. The van der Waals surface area contributed by atoms with Crippen LogP contribution in [0.3, 0.4) is 0 Å². The van der Waals surface area contributed by atoms with Crippen molar-refractivity contribution in [2.24, 2.45) is 0 Å². The summed E-state index contributed by atoms with van der Waals surface area (Å²) in [6, 6.07) is 3.65. The standard InChI is InChI=1S/C13H13F2N3O2S/c1-2-11-16-17-13(21-7-12(19)20)18(11)6-8-3-4-9(14)10(15)5-8/h3-5H,2,6-7H2,1H3,(H,19,20). The van der Waals surface area contributed by atoms with Crippen LogP contribution in [0.1, 0.15) is 18.3 Å². The average Bonchev–Trinajstić information content (AvgIpc) is 2.82. The lowest BCUT2D eigenvalue weighted by Crippen LogP contribution is -2.08. The van der Waals surface area contributed by atoms with E-state index in [0.717, 1.165) is 23.9 Å². The smallest absolute Gasteiger partial charge is 0.313 e. The Morgan fingerprint density at radius 1 is 1.33 bits per heavy atom. The molecule has 0 saturated carbocycles. The van der Waals surface area contributed by atoms with Crippen molar-refractivity contribution in [2.75, 3.05) is 5.75 Å². The van der Waals surface area contributed by atoms with Gasteiger partial charge in [-0.3, -0.25) is 4.79 Å². The van der Waals surface area contributed by atoms with E-state index in [1.165, 1.54) is 6.07 Å². The quantitative estimate of drug-likeness (QED) is 0.829. The van der Waals surface area contributed by atoms with Crippen molar-refractivity contribution >= 4 is 17.7 Å². The molecule has 1 heterocycles. The highest BCUT2D eigenvalue weighted by Gasteiger charge is 2.14. The summed E-state index contributed by atoms with van der Waals surface area (Å²) in [6.07, 6.45) is 0.601. The first-order valence-corrected chi connectivity index (χ1v) is 7.20. The number of aryl methyl sites for hydroxylation is 1. The SMILES string of the molecule is CCc1nnc(SCC(=O)O)n1Cc1ccc(F)c(F)c1. The van der Waals surface area contributed by atoms with E-state index in [2.05, 4.69) is 10.2 Å². The first-order chi connectivity index (χ1) is 10.0. The third-order valence-corrected chi connectivity index (χ3v) is 3.71. The van der Waals surface area contributed by atoms with Crippen LogP contribution in [-0.2, 0) is 17.8 Å². The van der Waals surface area contributed by atoms with Crippen LogP contribution in [-0.4, -0.2) is 31.6 Å². The molecular formula is C13H13F2N3O2S. The predicted octanol–water partition coefficient (Wildman–Crippen LogP) is 2.34. The van der Waals surface area contributed by atoms with Crippen molar-refractivity contribution in [3.63, 3.8) is 0 Å². The number of carboxylic acid groups (broad SMARTS) is 1. The Balaban J connectivity index is 2.26. The van der Waals surface area contributed by atoms with Crippen LogP contribution in [0.25, 0.3) is 0 Å². The number of benzene rings is 1. The molecule has 0 atom stereocenters. The molecular weight excluding hydrogens is 300 g/mol. The Kier molecular flexibility index (Phi) is 4.89. The zero-order chi connectivity index (χ0) is 15.4. The molecule has 21 heavy (non-hydrogen) atoms. The Morgan fingerprint density at radius 2 is 2.10 bits per heavy atom. The molecule has 0 aliphatic heterocycles. The van der Waals surface area contributed by atoms with Gasteiger partial charge in [0.15, 0.2) is 16.8 Å². The normalized spacial score (nSPS) is 10.8. The molecule has 0 amide bonds. The number of hydrogen-bond donors (Lipinski definition) is 1. The summed E-state index contributed by atoms with van der Waals surface area (Å²) in [5.41, 5.74) is 0.556. The third-order valence-electron chi connectivity index (χ3n) is 2.76. The number of carbonyl (C=O) groups is 1. The van der Waals surface area contributed by atoms with E-state index in [9.17, 15) is 13.6 Å². The lowest BCUT2D eigenvalue weighted by atomic mass is 10.2. The van der Waals surface area contributed by atoms with Crippen molar-refractivity contribution in [3.05, 3.63) is 41.2 Å². The minimum atomic E-state index is -0.958. The van der Waals surface area contributed by atoms with Gasteiger partial charge in [0, 0.05) is 6.42 Å². The average molecular weight is 313 g/mol. The molecule has 112 valence electrons. The molecule has 0 fully saturated rings. The first kappa shape index (κ1) is 15.4. The van der Waals surface area contributed by atoms with Gasteiger partial charge in [-0.2, -0.15) is 0 Å². The van der Waals surface area contributed by atoms with Crippen LogP contribution in [0.15, 0.2) is 23.4 Å². The van der Waals surface area contributed by atoms with Gasteiger partial charge in [0.1, 0.15) is 5.82 Å². The number of thioether (sulfide) groups is 1. The maximum atomic E-state index is 13.2. The molecule has 5 nitrogen and oxygen atoms in total. The molecule has 8 heteroatoms.